The molecule has 7 heteroatoms. The lowest BCUT2D eigenvalue weighted by atomic mass is 9.88. The maximum Gasteiger partial charge on any atom is 0.226 e. The molecule has 1 aliphatic carbocycles. The third kappa shape index (κ3) is 4.40. The molecule has 2 N–H and O–H groups in total. The molecule has 1 saturated carbocycles. The number of hydrogen-bond acceptors (Lipinski definition) is 5. The molecule has 0 bridgehead atoms. The van der Waals surface area contributed by atoms with Crippen LogP contribution in [0.5, 0.6) is 0 Å². The van der Waals surface area contributed by atoms with E-state index in [1.807, 2.05) is 0 Å². The molecule has 1 saturated heterocycles. The Kier molecular flexibility index (Phi) is 5.62. The standard InChI is InChI=1S/C14H25NO5S/c16-9-13(17)8-15(12-6-7-21(19,20)10-12)14(18)11-4-2-1-3-5-11/h11-13,16-17H,1-10H2/t12-,13+/m0/s1. The minimum Gasteiger partial charge on any atom is -0.394 e. The molecule has 0 aromatic rings. The molecule has 2 fully saturated rings. The highest BCUT2D eigenvalue weighted by Gasteiger charge is 2.37. The van der Waals surface area contributed by atoms with Gasteiger partial charge in [0.25, 0.3) is 0 Å². The van der Waals surface area contributed by atoms with E-state index < -0.39 is 22.5 Å². The Bertz CT molecular complexity index is 458. The van der Waals surface area contributed by atoms with Gasteiger partial charge < -0.3 is 15.1 Å². The van der Waals surface area contributed by atoms with Gasteiger partial charge in [0.05, 0.1) is 24.2 Å². The van der Waals surface area contributed by atoms with Crippen LogP contribution in [-0.4, -0.2) is 66.2 Å². The van der Waals surface area contributed by atoms with E-state index in [0.717, 1.165) is 32.1 Å². The smallest absolute Gasteiger partial charge is 0.226 e. The van der Waals surface area contributed by atoms with Crippen molar-refractivity contribution in [2.45, 2.75) is 50.7 Å². The molecule has 2 rings (SSSR count). The average molecular weight is 319 g/mol. The Hall–Kier alpha value is -0.660. The zero-order valence-corrected chi connectivity index (χ0v) is 13.1. The maximum atomic E-state index is 12.7. The lowest BCUT2D eigenvalue weighted by molar-refractivity contribution is -0.140. The summed E-state index contributed by atoms with van der Waals surface area (Å²) in [4.78, 5) is 14.2. The van der Waals surface area contributed by atoms with Gasteiger partial charge in [0.2, 0.25) is 5.91 Å². The first-order valence-electron chi connectivity index (χ1n) is 7.73. The minimum atomic E-state index is -3.09. The summed E-state index contributed by atoms with van der Waals surface area (Å²) in [5.41, 5.74) is 0. The van der Waals surface area contributed by atoms with Gasteiger partial charge in [-0.05, 0) is 19.3 Å². The summed E-state index contributed by atoms with van der Waals surface area (Å²) in [5, 5.41) is 18.7. The van der Waals surface area contributed by atoms with E-state index in [1.165, 1.54) is 4.90 Å². The van der Waals surface area contributed by atoms with E-state index in [9.17, 15) is 18.3 Å². The summed E-state index contributed by atoms with van der Waals surface area (Å²) < 4.78 is 23.3. The minimum absolute atomic E-state index is 0.0199. The van der Waals surface area contributed by atoms with Crippen LogP contribution in [0.1, 0.15) is 38.5 Å². The van der Waals surface area contributed by atoms with Gasteiger partial charge in [0.1, 0.15) is 0 Å². The second-order valence-corrected chi connectivity index (χ2v) is 8.45. The molecule has 2 atom stereocenters. The molecule has 21 heavy (non-hydrogen) atoms. The van der Waals surface area contributed by atoms with Crippen LogP contribution in [0.3, 0.4) is 0 Å². The predicted molar refractivity (Wildman–Crippen MR) is 78.4 cm³/mol. The van der Waals surface area contributed by atoms with E-state index in [0.29, 0.717) is 6.42 Å². The fraction of sp³-hybridized carbons (Fsp3) is 0.929. The number of nitrogens with zero attached hydrogens (tertiary/aromatic N) is 1. The summed E-state index contributed by atoms with van der Waals surface area (Å²) in [6.45, 7) is -0.403. The van der Waals surface area contributed by atoms with E-state index in [1.54, 1.807) is 0 Å². The van der Waals surface area contributed by atoms with Crippen LogP contribution in [-0.2, 0) is 14.6 Å². The lowest BCUT2D eigenvalue weighted by Gasteiger charge is -2.34. The number of rotatable bonds is 5. The van der Waals surface area contributed by atoms with E-state index in [2.05, 4.69) is 0 Å². The van der Waals surface area contributed by atoms with Crippen molar-refractivity contribution in [1.82, 2.24) is 4.90 Å². The zero-order chi connectivity index (χ0) is 15.5. The highest BCUT2D eigenvalue weighted by atomic mass is 32.2. The Morgan fingerprint density at radius 2 is 1.86 bits per heavy atom. The molecule has 1 aliphatic heterocycles. The molecule has 1 heterocycles. The van der Waals surface area contributed by atoms with Crippen molar-refractivity contribution in [1.29, 1.82) is 0 Å². The first kappa shape index (κ1) is 16.7. The molecule has 2 aliphatic rings. The molecular formula is C14H25NO5S. The normalized spacial score (nSPS) is 27.4. The maximum absolute atomic E-state index is 12.7. The number of sulfone groups is 1. The predicted octanol–water partition coefficient (Wildman–Crippen LogP) is -0.0644. The van der Waals surface area contributed by atoms with Crippen molar-refractivity contribution >= 4 is 15.7 Å². The quantitative estimate of drug-likeness (QED) is 0.740. The second kappa shape index (κ2) is 7.07. The van der Waals surface area contributed by atoms with Crippen LogP contribution in [0.25, 0.3) is 0 Å². The first-order valence-corrected chi connectivity index (χ1v) is 9.55. The number of carbonyl (C=O) groups excluding carboxylic acids is 1. The number of aliphatic hydroxyl groups is 2. The van der Waals surface area contributed by atoms with Gasteiger partial charge in [0.15, 0.2) is 9.84 Å². The van der Waals surface area contributed by atoms with Crippen molar-refractivity contribution in [3.8, 4) is 0 Å². The monoisotopic (exact) mass is 319 g/mol. The molecular weight excluding hydrogens is 294 g/mol. The van der Waals surface area contributed by atoms with Gasteiger partial charge in [-0.15, -0.1) is 0 Å². The molecule has 0 spiro atoms. The molecule has 6 nitrogen and oxygen atoms in total. The van der Waals surface area contributed by atoms with Gasteiger partial charge in [-0.3, -0.25) is 4.79 Å². The SMILES string of the molecule is O=C(C1CCCCC1)N(C[C@@H](O)CO)[C@H]1CCS(=O)(=O)C1. The zero-order valence-electron chi connectivity index (χ0n) is 12.3. The first-order chi connectivity index (χ1) is 9.93. The van der Waals surface area contributed by atoms with Crippen molar-refractivity contribution in [2.24, 2.45) is 5.92 Å². The van der Waals surface area contributed by atoms with Gasteiger partial charge in [-0.1, -0.05) is 19.3 Å². The van der Waals surface area contributed by atoms with E-state index >= 15 is 0 Å². The largest absolute Gasteiger partial charge is 0.394 e. The van der Waals surface area contributed by atoms with Crippen LogP contribution in [0.2, 0.25) is 0 Å². The Morgan fingerprint density at radius 1 is 1.19 bits per heavy atom. The van der Waals surface area contributed by atoms with Crippen molar-refractivity contribution in [3.05, 3.63) is 0 Å². The van der Waals surface area contributed by atoms with Crippen LogP contribution < -0.4 is 0 Å². The van der Waals surface area contributed by atoms with Crippen LogP contribution >= 0.6 is 0 Å². The summed E-state index contributed by atoms with van der Waals surface area (Å²) in [5.74, 6) is -0.0393. The number of hydrogen-bond donors (Lipinski definition) is 2. The van der Waals surface area contributed by atoms with Gasteiger partial charge in [-0.2, -0.15) is 0 Å². The Labute approximate surface area is 126 Å². The molecule has 0 aromatic heterocycles. The summed E-state index contributed by atoms with van der Waals surface area (Å²) in [7, 11) is -3.09. The highest BCUT2D eigenvalue weighted by molar-refractivity contribution is 7.91. The van der Waals surface area contributed by atoms with Crippen molar-refractivity contribution in [3.63, 3.8) is 0 Å². The fourth-order valence-corrected chi connectivity index (χ4v) is 5.04. The average Bonchev–Trinajstić information content (AvgIpc) is 2.84. The van der Waals surface area contributed by atoms with Gasteiger partial charge in [0, 0.05) is 18.5 Å². The topological polar surface area (TPSA) is 94.9 Å². The number of aliphatic hydroxyl groups excluding tert-OH is 2. The number of amides is 1. The second-order valence-electron chi connectivity index (χ2n) is 6.22. The lowest BCUT2D eigenvalue weighted by Crippen LogP contribution is -2.48. The fourth-order valence-electron chi connectivity index (χ4n) is 3.31. The third-order valence-electron chi connectivity index (χ3n) is 4.50. The van der Waals surface area contributed by atoms with E-state index in [-0.39, 0.29) is 35.9 Å². The summed E-state index contributed by atoms with van der Waals surface area (Å²) in [6.07, 6.45) is 4.28. The van der Waals surface area contributed by atoms with Gasteiger partial charge in [-0.25, -0.2) is 8.42 Å². The molecule has 0 radical (unpaired) electrons. The van der Waals surface area contributed by atoms with Crippen molar-refractivity contribution in [2.75, 3.05) is 24.7 Å². The molecule has 1 amide bonds. The van der Waals surface area contributed by atoms with Crippen LogP contribution in [0, 0.1) is 5.92 Å². The highest BCUT2D eigenvalue weighted by Crippen LogP contribution is 2.28. The molecule has 0 aromatic carbocycles. The number of carbonyl (C=O) groups is 1. The van der Waals surface area contributed by atoms with Gasteiger partial charge >= 0.3 is 0 Å². The molecule has 122 valence electrons. The Morgan fingerprint density at radius 3 is 2.38 bits per heavy atom. The van der Waals surface area contributed by atoms with Crippen molar-refractivity contribution < 1.29 is 23.4 Å². The third-order valence-corrected chi connectivity index (χ3v) is 6.26. The van der Waals surface area contributed by atoms with E-state index in [4.69, 9.17) is 5.11 Å². The molecule has 0 unspecified atom stereocenters. The Balaban J connectivity index is 2.09. The summed E-state index contributed by atoms with van der Waals surface area (Å²) in [6, 6.07) is -0.356. The summed E-state index contributed by atoms with van der Waals surface area (Å²) >= 11 is 0. The van der Waals surface area contributed by atoms with Crippen LogP contribution in [0.4, 0.5) is 0 Å². The van der Waals surface area contributed by atoms with Crippen LogP contribution in [0.15, 0.2) is 0 Å².